The van der Waals surface area contributed by atoms with Gasteiger partial charge in [-0.25, -0.2) is 8.42 Å². The molecule has 0 aliphatic heterocycles. The first-order chi connectivity index (χ1) is 13.3. The molecule has 0 saturated carbocycles. The number of alkyl halides is 6. The zero-order valence-electron chi connectivity index (χ0n) is 15.0. The van der Waals surface area contributed by atoms with Crippen molar-refractivity contribution in [3.63, 3.8) is 0 Å². The van der Waals surface area contributed by atoms with E-state index < -0.39 is 33.8 Å². The first-order valence-corrected chi connectivity index (χ1v) is 10.3. The van der Waals surface area contributed by atoms with Crippen molar-refractivity contribution >= 4 is 21.0 Å². The van der Waals surface area contributed by atoms with Crippen LogP contribution in [0.1, 0.15) is 29.7 Å². The van der Waals surface area contributed by atoms with Crippen molar-refractivity contribution in [2.45, 2.75) is 30.1 Å². The van der Waals surface area contributed by atoms with E-state index in [4.69, 9.17) is 0 Å². The fourth-order valence-corrected chi connectivity index (χ4v) is 3.90. The maximum absolute atomic E-state index is 13.3. The number of sulfone groups is 1. The van der Waals surface area contributed by atoms with Crippen LogP contribution in [0.25, 0.3) is 11.1 Å². The van der Waals surface area contributed by atoms with Gasteiger partial charge in [-0.2, -0.15) is 26.3 Å². The van der Waals surface area contributed by atoms with E-state index in [1.54, 1.807) is 0 Å². The van der Waals surface area contributed by atoms with Crippen molar-refractivity contribution in [3.05, 3.63) is 59.4 Å². The Hall–Kier alpha value is -2.36. The first-order valence-electron chi connectivity index (χ1n) is 8.39. The van der Waals surface area contributed by atoms with E-state index in [2.05, 4.69) is 4.98 Å². The highest BCUT2D eigenvalue weighted by atomic mass is 32.2. The van der Waals surface area contributed by atoms with Crippen LogP contribution in [0.15, 0.2) is 47.5 Å². The summed E-state index contributed by atoms with van der Waals surface area (Å²) in [4.78, 5) is 3.36. The molecule has 1 aromatic carbocycles. The molecule has 2 aromatic rings. The van der Waals surface area contributed by atoms with Gasteiger partial charge in [0.05, 0.1) is 10.8 Å². The lowest BCUT2D eigenvalue weighted by Gasteiger charge is -2.14. The molecule has 0 saturated heterocycles. The van der Waals surface area contributed by atoms with E-state index in [1.165, 1.54) is 24.3 Å². The minimum Gasteiger partial charge on any atom is -0.251 e. The highest BCUT2D eigenvalue weighted by molar-refractivity contribution is 7.90. The Bertz CT molecular complexity index is 1040. The van der Waals surface area contributed by atoms with Crippen LogP contribution in [0.2, 0.25) is 0 Å². The third-order valence-corrected chi connectivity index (χ3v) is 5.89. The third kappa shape index (κ3) is 4.63. The van der Waals surface area contributed by atoms with Crippen molar-refractivity contribution in [2.24, 2.45) is 5.92 Å². The van der Waals surface area contributed by atoms with Crippen LogP contribution < -0.4 is 0 Å². The first kappa shape index (κ1) is 21.4. The van der Waals surface area contributed by atoms with Crippen molar-refractivity contribution < 1.29 is 34.8 Å². The third-order valence-electron chi connectivity index (χ3n) is 4.76. The van der Waals surface area contributed by atoms with Crippen molar-refractivity contribution in [2.75, 3.05) is 6.26 Å². The van der Waals surface area contributed by atoms with E-state index in [0.29, 0.717) is 11.1 Å². The summed E-state index contributed by atoms with van der Waals surface area (Å²) in [5.74, 6) is -1.68. The molecule has 1 aliphatic rings. The number of benzene rings is 1. The van der Waals surface area contributed by atoms with E-state index in [9.17, 15) is 34.8 Å². The zero-order valence-corrected chi connectivity index (χ0v) is 15.8. The maximum Gasteiger partial charge on any atom is 0.433 e. The number of pyridine rings is 1. The van der Waals surface area contributed by atoms with Gasteiger partial charge in [0.15, 0.2) is 9.84 Å². The lowest BCUT2D eigenvalue weighted by molar-refractivity contribution is -0.170. The van der Waals surface area contributed by atoms with Gasteiger partial charge in [0.25, 0.3) is 0 Å². The molecule has 0 amide bonds. The molecule has 1 aromatic heterocycles. The number of nitrogens with zero attached hydrogens (tertiary/aromatic N) is 1. The Morgan fingerprint density at radius 3 is 1.79 bits per heavy atom. The Balaban J connectivity index is 2.05. The summed E-state index contributed by atoms with van der Waals surface area (Å²) >= 11 is 0. The van der Waals surface area contributed by atoms with E-state index in [1.807, 2.05) is 0 Å². The molecule has 1 heterocycles. The van der Waals surface area contributed by atoms with Crippen LogP contribution in [0.3, 0.4) is 0 Å². The van der Waals surface area contributed by atoms with Crippen LogP contribution >= 0.6 is 0 Å². The van der Waals surface area contributed by atoms with E-state index in [0.717, 1.165) is 24.6 Å². The number of aromatic nitrogens is 1. The van der Waals surface area contributed by atoms with Crippen LogP contribution in [-0.2, 0) is 16.0 Å². The van der Waals surface area contributed by atoms with Crippen LogP contribution in [0, 0.1) is 5.92 Å². The molecule has 3 rings (SSSR count). The number of rotatable bonds is 3. The molecule has 156 valence electrons. The predicted molar refractivity (Wildman–Crippen MR) is 94.4 cm³/mol. The minimum atomic E-state index is -4.65. The van der Waals surface area contributed by atoms with Gasteiger partial charge < -0.3 is 0 Å². The molecule has 0 N–H and O–H groups in total. The summed E-state index contributed by atoms with van der Waals surface area (Å²) in [6.07, 6.45) is -7.93. The second-order valence-electron chi connectivity index (χ2n) is 6.83. The standard InChI is InChI=1S/C19H15F6NO2S/c1-29(27,28)14-5-2-11(3-6-14)15-8-13(18(20,21)22)9-16(15)12-4-7-17(26-10-12)19(23,24)25/h2-7,10,13H,8-9H2,1H3. The SMILES string of the molecule is CS(=O)(=O)c1ccc(C2=C(c3ccc(C(F)(F)F)nc3)CC(C(F)(F)F)C2)cc1. The number of allylic oxidation sites excluding steroid dienone is 2. The normalized spacial score (nSPS) is 18.4. The minimum absolute atomic E-state index is 0.0185. The Kier molecular flexibility index (Phi) is 5.27. The van der Waals surface area contributed by atoms with Crippen LogP contribution in [0.4, 0.5) is 26.3 Å². The molecule has 3 nitrogen and oxygen atoms in total. The smallest absolute Gasteiger partial charge is 0.251 e. The lowest BCUT2D eigenvalue weighted by atomic mass is 9.98. The largest absolute Gasteiger partial charge is 0.433 e. The van der Waals surface area contributed by atoms with Gasteiger partial charge in [0.2, 0.25) is 0 Å². The topological polar surface area (TPSA) is 47.0 Å². The predicted octanol–water partition coefficient (Wildman–Crippen LogP) is 5.39. The van der Waals surface area contributed by atoms with Gasteiger partial charge in [-0.1, -0.05) is 18.2 Å². The second kappa shape index (κ2) is 7.16. The number of hydrogen-bond acceptors (Lipinski definition) is 3. The zero-order chi connectivity index (χ0) is 21.6. The average Bonchev–Trinajstić information content (AvgIpc) is 3.06. The molecule has 10 heteroatoms. The Morgan fingerprint density at radius 2 is 1.38 bits per heavy atom. The fourth-order valence-electron chi connectivity index (χ4n) is 3.27. The van der Waals surface area contributed by atoms with Crippen LogP contribution in [-0.4, -0.2) is 25.8 Å². The quantitative estimate of drug-likeness (QED) is 0.608. The van der Waals surface area contributed by atoms with Gasteiger partial charge in [0.1, 0.15) is 5.69 Å². The molecule has 0 fully saturated rings. The summed E-state index contributed by atoms with van der Waals surface area (Å²) in [6, 6.07) is 7.23. The molecule has 0 radical (unpaired) electrons. The van der Waals surface area contributed by atoms with Gasteiger partial charge in [-0.3, -0.25) is 4.98 Å². The molecule has 29 heavy (non-hydrogen) atoms. The molecule has 0 spiro atoms. The van der Waals surface area contributed by atoms with E-state index in [-0.39, 0.29) is 28.9 Å². The molecule has 1 atom stereocenters. The average molecular weight is 435 g/mol. The molecular weight excluding hydrogens is 420 g/mol. The van der Waals surface area contributed by atoms with Gasteiger partial charge in [0, 0.05) is 12.5 Å². The lowest BCUT2D eigenvalue weighted by Crippen LogP contribution is -2.20. The number of hydrogen-bond donors (Lipinski definition) is 0. The van der Waals surface area contributed by atoms with Gasteiger partial charge in [-0.05, 0) is 53.3 Å². The Morgan fingerprint density at radius 1 is 0.862 bits per heavy atom. The molecular formula is C19H15F6NO2S. The molecule has 0 bridgehead atoms. The fraction of sp³-hybridized carbons (Fsp3) is 0.316. The van der Waals surface area contributed by atoms with E-state index >= 15 is 0 Å². The highest BCUT2D eigenvalue weighted by Gasteiger charge is 2.44. The van der Waals surface area contributed by atoms with Gasteiger partial charge in [-0.15, -0.1) is 0 Å². The molecule has 1 unspecified atom stereocenters. The second-order valence-corrected chi connectivity index (χ2v) is 8.85. The van der Waals surface area contributed by atoms with Crippen molar-refractivity contribution in [1.29, 1.82) is 0 Å². The monoisotopic (exact) mass is 435 g/mol. The summed E-state index contributed by atoms with van der Waals surface area (Å²) in [7, 11) is -3.47. The van der Waals surface area contributed by atoms with Gasteiger partial charge >= 0.3 is 12.4 Å². The Labute approximate surface area is 163 Å². The maximum atomic E-state index is 13.3. The summed E-state index contributed by atoms with van der Waals surface area (Å²) in [5.41, 5.74) is -0.00755. The van der Waals surface area contributed by atoms with Crippen molar-refractivity contribution in [3.8, 4) is 0 Å². The van der Waals surface area contributed by atoms with Crippen molar-refractivity contribution in [1.82, 2.24) is 4.98 Å². The highest BCUT2D eigenvalue weighted by Crippen LogP contribution is 2.49. The summed E-state index contributed by atoms with van der Waals surface area (Å²) in [6.45, 7) is 0. The summed E-state index contributed by atoms with van der Waals surface area (Å²) in [5, 5.41) is 0. The molecule has 1 aliphatic carbocycles. The summed E-state index contributed by atoms with van der Waals surface area (Å²) < 4.78 is 101. The number of halogens is 6. The van der Waals surface area contributed by atoms with Crippen LogP contribution in [0.5, 0.6) is 0 Å².